The third-order valence-corrected chi connectivity index (χ3v) is 4.20. The van der Waals surface area contributed by atoms with Gasteiger partial charge in [0.25, 0.3) is 0 Å². The Morgan fingerprint density at radius 3 is 2.88 bits per heavy atom. The predicted molar refractivity (Wildman–Crippen MR) is 70.3 cm³/mol. The highest BCUT2D eigenvalue weighted by molar-refractivity contribution is 8.00. The van der Waals surface area contributed by atoms with Crippen molar-refractivity contribution in [1.82, 2.24) is 4.98 Å². The number of rotatable bonds is 3. The molecule has 2 rings (SSSR count). The van der Waals surface area contributed by atoms with E-state index < -0.39 is 0 Å². The lowest BCUT2D eigenvalue weighted by atomic mass is 10.1. The number of nitrogens with zero attached hydrogens (tertiary/aromatic N) is 1. The molecule has 0 fully saturated rings. The molecule has 0 bridgehead atoms. The highest BCUT2D eigenvalue weighted by Crippen LogP contribution is 2.38. The van der Waals surface area contributed by atoms with Crippen molar-refractivity contribution in [3.05, 3.63) is 24.4 Å². The normalized spacial score (nSPS) is 10.4. The first-order valence-corrected chi connectivity index (χ1v) is 6.73. The number of methoxy groups -OCH3 is 1. The minimum absolute atomic E-state index is 0.652. The topological polar surface area (TPSA) is 48.1 Å². The molecule has 0 unspecified atom stereocenters. The summed E-state index contributed by atoms with van der Waals surface area (Å²) in [6.45, 7) is 0. The van der Waals surface area contributed by atoms with Gasteiger partial charge >= 0.3 is 0 Å². The van der Waals surface area contributed by atoms with Crippen LogP contribution in [0.4, 0.5) is 5.69 Å². The van der Waals surface area contributed by atoms with Gasteiger partial charge in [-0.3, -0.25) is 0 Å². The summed E-state index contributed by atoms with van der Waals surface area (Å²) in [4.78, 5) is 5.38. The van der Waals surface area contributed by atoms with Gasteiger partial charge in [-0.25, -0.2) is 4.98 Å². The van der Waals surface area contributed by atoms with Crippen molar-refractivity contribution >= 4 is 28.8 Å². The molecule has 2 N–H and O–H groups in total. The highest BCUT2D eigenvalue weighted by atomic mass is 32.2. The molecule has 0 atom stereocenters. The molecule has 0 aliphatic rings. The van der Waals surface area contributed by atoms with Crippen molar-refractivity contribution < 1.29 is 4.74 Å². The Balaban J connectivity index is 2.50. The number of anilines is 1. The number of nitrogen functional groups attached to an aromatic ring is 1. The summed E-state index contributed by atoms with van der Waals surface area (Å²) in [5.41, 5.74) is 7.51. The molecule has 1 aromatic heterocycles. The van der Waals surface area contributed by atoms with Crippen LogP contribution in [0.15, 0.2) is 28.7 Å². The van der Waals surface area contributed by atoms with Crippen LogP contribution in [-0.4, -0.2) is 18.3 Å². The Labute approximate surface area is 103 Å². The zero-order valence-electron chi connectivity index (χ0n) is 9.06. The van der Waals surface area contributed by atoms with Gasteiger partial charge in [0.05, 0.1) is 17.7 Å². The maximum atomic E-state index is 5.86. The van der Waals surface area contributed by atoms with E-state index in [0.717, 1.165) is 20.5 Å². The van der Waals surface area contributed by atoms with E-state index in [2.05, 4.69) is 4.98 Å². The first kappa shape index (κ1) is 11.3. The van der Waals surface area contributed by atoms with Crippen LogP contribution in [0.1, 0.15) is 0 Å². The molecule has 1 heterocycles. The minimum atomic E-state index is 0.652. The molecule has 5 heteroatoms. The molecule has 0 saturated carbocycles. The molecule has 3 nitrogen and oxygen atoms in total. The van der Waals surface area contributed by atoms with Crippen LogP contribution in [0.3, 0.4) is 0 Å². The van der Waals surface area contributed by atoms with Crippen molar-refractivity contribution in [2.24, 2.45) is 0 Å². The number of hydrogen-bond donors (Lipinski definition) is 1. The number of ether oxygens (including phenoxy) is 1. The summed E-state index contributed by atoms with van der Waals surface area (Å²) in [5.74, 6) is 0.721. The largest absolute Gasteiger partial charge is 0.494 e. The van der Waals surface area contributed by atoms with E-state index in [-0.39, 0.29) is 0 Å². The van der Waals surface area contributed by atoms with Gasteiger partial charge in [-0.1, -0.05) is 17.8 Å². The van der Waals surface area contributed by atoms with Crippen LogP contribution in [0, 0.1) is 0 Å². The van der Waals surface area contributed by atoms with Gasteiger partial charge in [0, 0.05) is 11.8 Å². The Hall–Kier alpha value is -1.20. The number of thioether (sulfide) groups is 1. The maximum Gasteiger partial charge on any atom is 0.150 e. The molecule has 84 valence electrons. The maximum absolute atomic E-state index is 5.86. The zero-order valence-corrected chi connectivity index (χ0v) is 10.7. The third-order valence-electron chi connectivity index (χ3n) is 2.17. The zero-order chi connectivity index (χ0) is 11.5. The molecule has 0 saturated heterocycles. The first-order chi connectivity index (χ1) is 7.76. The van der Waals surface area contributed by atoms with Crippen molar-refractivity contribution in [2.45, 2.75) is 4.34 Å². The molecule has 16 heavy (non-hydrogen) atoms. The number of thiazole rings is 1. The summed E-state index contributed by atoms with van der Waals surface area (Å²) in [6.07, 6.45) is 3.87. The molecule has 2 aromatic rings. The van der Waals surface area contributed by atoms with Gasteiger partial charge in [-0.2, -0.15) is 0 Å². The smallest absolute Gasteiger partial charge is 0.150 e. The number of para-hydroxylation sites is 1. The van der Waals surface area contributed by atoms with E-state index in [1.54, 1.807) is 30.2 Å². The second-order valence-corrected chi connectivity index (χ2v) is 5.21. The number of nitrogens with two attached hydrogens (primary N) is 1. The van der Waals surface area contributed by atoms with Crippen molar-refractivity contribution in [1.29, 1.82) is 0 Å². The second kappa shape index (κ2) is 4.76. The highest BCUT2D eigenvalue weighted by Gasteiger charge is 2.11. The summed E-state index contributed by atoms with van der Waals surface area (Å²) in [7, 11) is 1.63. The average Bonchev–Trinajstić information content (AvgIpc) is 2.77. The summed E-state index contributed by atoms with van der Waals surface area (Å²) in [6, 6.07) is 5.75. The lowest BCUT2D eigenvalue weighted by molar-refractivity contribution is 0.418. The lowest BCUT2D eigenvalue weighted by Crippen LogP contribution is -1.93. The Morgan fingerprint density at radius 1 is 1.44 bits per heavy atom. The van der Waals surface area contributed by atoms with Gasteiger partial charge in [0.2, 0.25) is 0 Å². The molecule has 0 radical (unpaired) electrons. The third kappa shape index (κ3) is 2.01. The number of hydrogen-bond acceptors (Lipinski definition) is 5. The van der Waals surface area contributed by atoms with E-state index in [4.69, 9.17) is 10.5 Å². The second-order valence-electron chi connectivity index (χ2n) is 3.12. The molecule has 0 aliphatic carbocycles. The van der Waals surface area contributed by atoms with Crippen LogP contribution < -0.4 is 10.5 Å². The van der Waals surface area contributed by atoms with Gasteiger partial charge in [0.1, 0.15) is 10.1 Å². The van der Waals surface area contributed by atoms with Gasteiger partial charge < -0.3 is 10.5 Å². The SMILES string of the molecule is COc1c(N)cccc1-c1cnc(SC)s1. The quantitative estimate of drug-likeness (QED) is 0.673. The molecular weight excluding hydrogens is 240 g/mol. The summed E-state index contributed by atoms with van der Waals surface area (Å²) >= 11 is 3.28. The fourth-order valence-electron chi connectivity index (χ4n) is 1.45. The number of aromatic nitrogens is 1. The lowest BCUT2D eigenvalue weighted by Gasteiger charge is -2.08. The first-order valence-electron chi connectivity index (χ1n) is 4.69. The van der Waals surface area contributed by atoms with Crippen LogP contribution in [0.2, 0.25) is 0 Å². The predicted octanol–water partition coefficient (Wildman–Crippen LogP) is 3.12. The monoisotopic (exact) mass is 252 g/mol. The molecule has 0 spiro atoms. The summed E-state index contributed by atoms with van der Waals surface area (Å²) in [5, 5.41) is 0. The van der Waals surface area contributed by atoms with Crippen molar-refractivity contribution in [3.63, 3.8) is 0 Å². The van der Waals surface area contributed by atoms with E-state index in [9.17, 15) is 0 Å². The van der Waals surface area contributed by atoms with Crippen molar-refractivity contribution in [3.8, 4) is 16.2 Å². The molecule has 0 amide bonds. The van der Waals surface area contributed by atoms with Gasteiger partial charge in [-0.05, 0) is 18.4 Å². The minimum Gasteiger partial charge on any atom is -0.494 e. The fraction of sp³-hybridized carbons (Fsp3) is 0.182. The van der Waals surface area contributed by atoms with Crippen LogP contribution in [-0.2, 0) is 0 Å². The molecular formula is C11H12N2OS2. The molecule has 0 aliphatic heterocycles. The van der Waals surface area contributed by atoms with Crippen LogP contribution in [0.25, 0.3) is 10.4 Å². The van der Waals surface area contributed by atoms with Crippen molar-refractivity contribution in [2.75, 3.05) is 19.1 Å². The Kier molecular flexibility index (Phi) is 3.36. The molecule has 1 aromatic carbocycles. The average molecular weight is 252 g/mol. The van der Waals surface area contributed by atoms with Crippen LogP contribution in [0.5, 0.6) is 5.75 Å². The van der Waals surface area contributed by atoms with Gasteiger partial charge in [-0.15, -0.1) is 11.3 Å². The van der Waals surface area contributed by atoms with E-state index in [0.29, 0.717) is 5.69 Å². The van der Waals surface area contributed by atoms with E-state index in [1.807, 2.05) is 30.7 Å². The fourth-order valence-corrected chi connectivity index (χ4v) is 2.88. The Bertz CT molecular complexity index is 496. The van der Waals surface area contributed by atoms with Gasteiger partial charge in [0.15, 0.2) is 0 Å². The Morgan fingerprint density at radius 2 is 2.25 bits per heavy atom. The van der Waals surface area contributed by atoms with E-state index in [1.165, 1.54) is 0 Å². The number of benzene rings is 1. The standard InChI is InChI=1S/C11H12N2OS2/c1-14-10-7(4-3-5-8(10)12)9-6-13-11(15-2)16-9/h3-6H,12H2,1-2H3. The van der Waals surface area contributed by atoms with E-state index >= 15 is 0 Å². The van der Waals surface area contributed by atoms with Crippen LogP contribution >= 0.6 is 23.1 Å². The summed E-state index contributed by atoms with van der Waals surface area (Å²) < 4.78 is 6.36.